The summed E-state index contributed by atoms with van der Waals surface area (Å²) in [5.74, 6) is 0.114. The molecule has 0 bridgehead atoms. The highest BCUT2D eigenvalue weighted by atomic mass is 79.9. The van der Waals surface area contributed by atoms with Crippen molar-refractivity contribution in [2.24, 2.45) is 0 Å². The van der Waals surface area contributed by atoms with Gasteiger partial charge in [0, 0.05) is 22.2 Å². The van der Waals surface area contributed by atoms with Crippen molar-refractivity contribution in [3.8, 4) is 5.75 Å². The van der Waals surface area contributed by atoms with Gasteiger partial charge in [-0.25, -0.2) is 0 Å². The fraction of sp³-hybridized carbons (Fsp3) is 0.0714. The lowest BCUT2D eigenvalue weighted by Gasteiger charge is -2.14. The predicted octanol–water partition coefficient (Wildman–Crippen LogP) is 7.33. The minimum Gasteiger partial charge on any atom is -0.488 e. The molecule has 0 spiro atoms. The van der Waals surface area contributed by atoms with Gasteiger partial charge in [0.15, 0.2) is 0 Å². The largest absolute Gasteiger partial charge is 0.488 e. The number of nitro benzene ring substituents is 1. The third-order valence-electron chi connectivity index (χ3n) is 5.86. The van der Waals surface area contributed by atoms with Crippen LogP contribution in [0.5, 0.6) is 5.75 Å². The average Bonchev–Trinajstić information content (AvgIpc) is 3.16. The summed E-state index contributed by atoms with van der Waals surface area (Å²) in [7, 11) is 0. The molecule has 4 aromatic rings. The van der Waals surface area contributed by atoms with Crippen molar-refractivity contribution >= 4 is 61.4 Å². The molecule has 1 heterocycles. The molecule has 9 heteroatoms. The Kier molecular flexibility index (Phi) is 7.07. The lowest BCUT2D eigenvalue weighted by Crippen LogP contribution is -2.27. The highest BCUT2D eigenvalue weighted by molar-refractivity contribution is 9.10. The molecule has 7 nitrogen and oxygen atoms in total. The summed E-state index contributed by atoms with van der Waals surface area (Å²) in [6, 6.07) is 25.2. The van der Waals surface area contributed by atoms with Gasteiger partial charge in [-0.3, -0.25) is 24.6 Å². The zero-order valence-corrected chi connectivity index (χ0v) is 21.7. The smallest absolute Gasteiger partial charge is 0.293 e. The molecule has 0 N–H and O–H groups in total. The number of benzene rings is 4. The lowest BCUT2D eigenvalue weighted by molar-refractivity contribution is -0.384. The molecule has 0 aliphatic carbocycles. The van der Waals surface area contributed by atoms with E-state index in [1.54, 1.807) is 36.4 Å². The van der Waals surface area contributed by atoms with Crippen LogP contribution >= 0.6 is 27.7 Å². The van der Waals surface area contributed by atoms with Crippen LogP contribution < -0.4 is 4.74 Å². The normalized spacial score (nSPS) is 14.5. The van der Waals surface area contributed by atoms with Gasteiger partial charge in [0.1, 0.15) is 12.4 Å². The number of carbonyl (C=O) groups is 2. The molecule has 37 heavy (non-hydrogen) atoms. The first-order valence-corrected chi connectivity index (χ1v) is 12.9. The summed E-state index contributed by atoms with van der Waals surface area (Å²) in [5.41, 5.74) is 2.12. The number of ether oxygens (including phenoxy) is 1. The summed E-state index contributed by atoms with van der Waals surface area (Å²) in [4.78, 5) is 38.2. The maximum Gasteiger partial charge on any atom is 0.293 e. The number of halogens is 1. The van der Waals surface area contributed by atoms with E-state index < -0.39 is 4.92 Å². The summed E-state index contributed by atoms with van der Waals surface area (Å²) >= 11 is 4.33. The number of non-ortho nitro benzene ring substituents is 1. The van der Waals surface area contributed by atoms with Gasteiger partial charge in [-0.15, -0.1) is 0 Å². The second-order valence-electron chi connectivity index (χ2n) is 8.30. The number of hydrogen-bond acceptors (Lipinski definition) is 6. The highest BCUT2D eigenvalue weighted by Gasteiger charge is 2.35. The second kappa shape index (κ2) is 10.6. The van der Waals surface area contributed by atoms with Crippen LogP contribution in [0.1, 0.15) is 16.7 Å². The van der Waals surface area contributed by atoms with E-state index in [-0.39, 0.29) is 30.0 Å². The molecule has 1 aliphatic heterocycles. The van der Waals surface area contributed by atoms with Crippen molar-refractivity contribution in [2.45, 2.75) is 13.2 Å². The van der Waals surface area contributed by atoms with Crippen LogP contribution in [-0.2, 0) is 17.9 Å². The first kappa shape index (κ1) is 24.7. The fourth-order valence-electron chi connectivity index (χ4n) is 4.06. The van der Waals surface area contributed by atoms with E-state index >= 15 is 0 Å². The molecular weight excluding hydrogens is 556 g/mol. The Morgan fingerprint density at radius 3 is 2.59 bits per heavy atom. The number of imide groups is 1. The van der Waals surface area contributed by atoms with Crippen LogP contribution in [0.15, 0.2) is 94.3 Å². The number of amides is 2. The Balaban J connectivity index is 1.38. The standard InChI is InChI=1S/C28H19BrN2O5S/c29-22-11-12-25(36-17-18-5-3-9-23(13-18)31(34)35)21(14-22)15-26-27(32)30(28(33)37-26)16-20-8-4-7-19-6-1-2-10-24(19)20/h1-15H,16-17H2/b26-15-. The molecule has 0 aromatic heterocycles. The van der Waals surface area contributed by atoms with Gasteiger partial charge >= 0.3 is 0 Å². The Labute approximate surface area is 225 Å². The van der Waals surface area contributed by atoms with Crippen molar-refractivity contribution in [3.05, 3.63) is 121 Å². The molecule has 0 radical (unpaired) electrons. The first-order chi connectivity index (χ1) is 17.9. The van der Waals surface area contributed by atoms with Crippen LogP contribution in [0.25, 0.3) is 16.8 Å². The molecule has 0 saturated carbocycles. The van der Waals surface area contributed by atoms with Gasteiger partial charge in [0.25, 0.3) is 16.8 Å². The van der Waals surface area contributed by atoms with Crippen molar-refractivity contribution in [1.29, 1.82) is 0 Å². The quantitative estimate of drug-likeness (QED) is 0.130. The molecule has 4 aromatic carbocycles. The molecule has 0 atom stereocenters. The van der Waals surface area contributed by atoms with E-state index in [4.69, 9.17) is 4.74 Å². The maximum atomic E-state index is 13.2. The second-order valence-corrected chi connectivity index (χ2v) is 10.2. The molecular formula is C28H19BrN2O5S. The molecule has 1 saturated heterocycles. The molecule has 0 unspecified atom stereocenters. The van der Waals surface area contributed by atoms with E-state index in [0.29, 0.717) is 21.8 Å². The Bertz CT molecular complexity index is 1580. The summed E-state index contributed by atoms with van der Waals surface area (Å²) in [6.07, 6.45) is 1.64. The van der Waals surface area contributed by atoms with Gasteiger partial charge in [0.05, 0.1) is 16.4 Å². The van der Waals surface area contributed by atoms with Crippen molar-refractivity contribution in [2.75, 3.05) is 0 Å². The zero-order chi connectivity index (χ0) is 25.9. The fourth-order valence-corrected chi connectivity index (χ4v) is 5.27. The van der Waals surface area contributed by atoms with Crippen LogP contribution in [0.4, 0.5) is 10.5 Å². The minimum absolute atomic E-state index is 0.0167. The summed E-state index contributed by atoms with van der Waals surface area (Å²) < 4.78 is 6.72. The number of nitro groups is 1. The third-order valence-corrected chi connectivity index (χ3v) is 7.26. The molecule has 1 aliphatic rings. The van der Waals surface area contributed by atoms with Gasteiger partial charge in [0.2, 0.25) is 0 Å². The summed E-state index contributed by atoms with van der Waals surface area (Å²) in [5, 5.41) is 12.8. The predicted molar refractivity (Wildman–Crippen MR) is 147 cm³/mol. The highest BCUT2D eigenvalue weighted by Crippen LogP contribution is 2.36. The topological polar surface area (TPSA) is 89.7 Å². The van der Waals surface area contributed by atoms with Crippen molar-refractivity contribution in [3.63, 3.8) is 0 Å². The Morgan fingerprint density at radius 2 is 1.76 bits per heavy atom. The van der Waals surface area contributed by atoms with E-state index in [0.717, 1.165) is 32.6 Å². The molecule has 1 fully saturated rings. The number of thioether (sulfide) groups is 1. The average molecular weight is 575 g/mol. The van der Waals surface area contributed by atoms with Crippen LogP contribution in [0.3, 0.4) is 0 Å². The number of rotatable bonds is 7. The van der Waals surface area contributed by atoms with Gasteiger partial charge in [-0.1, -0.05) is 70.5 Å². The SMILES string of the molecule is O=C1S/C(=C\c2cc(Br)ccc2OCc2cccc([N+](=O)[O-])c2)C(=O)N1Cc1cccc2ccccc12. The molecule has 2 amide bonds. The van der Waals surface area contributed by atoms with Gasteiger partial charge in [-0.05, 0) is 57.9 Å². The van der Waals surface area contributed by atoms with Gasteiger partial charge in [-0.2, -0.15) is 0 Å². The minimum atomic E-state index is -0.455. The van der Waals surface area contributed by atoms with Crippen LogP contribution in [0, 0.1) is 10.1 Å². The van der Waals surface area contributed by atoms with E-state index in [1.807, 2.05) is 42.5 Å². The van der Waals surface area contributed by atoms with Crippen LogP contribution in [-0.4, -0.2) is 21.0 Å². The summed E-state index contributed by atoms with van der Waals surface area (Å²) in [6.45, 7) is 0.282. The number of fused-ring (bicyclic) bond motifs is 1. The molecule has 184 valence electrons. The number of carbonyl (C=O) groups excluding carboxylic acids is 2. The molecule has 5 rings (SSSR count). The third kappa shape index (κ3) is 5.42. The number of nitrogens with zero attached hydrogens (tertiary/aromatic N) is 2. The van der Waals surface area contributed by atoms with Crippen molar-refractivity contribution < 1.29 is 19.2 Å². The lowest BCUT2D eigenvalue weighted by atomic mass is 10.0. The van der Waals surface area contributed by atoms with E-state index in [9.17, 15) is 19.7 Å². The Hall–Kier alpha value is -3.95. The maximum absolute atomic E-state index is 13.2. The Morgan fingerprint density at radius 1 is 0.973 bits per heavy atom. The number of hydrogen-bond donors (Lipinski definition) is 0. The monoisotopic (exact) mass is 574 g/mol. The van der Waals surface area contributed by atoms with Crippen LogP contribution in [0.2, 0.25) is 0 Å². The van der Waals surface area contributed by atoms with E-state index in [1.165, 1.54) is 17.0 Å². The van der Waals surface area contributed by atoms with Gasteiger partial charge < -0.3 is 4.74 Å². The van der Waals surface area contributed by atoms with Crippen molar-refractivity contribution in [1.82, 2.24) is 4.90 Å². The zero-order valence-electron chi connectivity index (χ0n) is 19.3. The van der Waals surface area contributed by atoms with E-state index in [2.05, 4.69) is 15.9 Å². The first-order valence-electron chi connectivity index (χ1n) is 11.3.